The summed E-state index contributed by atoms with van der Waals surface area (Å²) in [5.74, 6) is 0.0943. The molecule has 128 valence electrons. The minimum Gasteiger partial charge on any atom is -0.374 e. The fourth-order valence-electron chi connectivity index (χ4n) is 3.37. The summed E-state index contributed by atoms with van der Waals surface area (Å²) in [6.07, 6.45) is 2.94. The third kappa shape index (κ3) is 4.53. The Hall–Kier alpha value is -0.950. The summed E-state index contributed by atoms with van der Waals surface area (Å²) in [7, 11) is -3.22. The first-order valence-electron chi connectivity index (χ1n) is 8.42. The Morgan fingerprint density at radius 3 is 2.39 bits per heavy atom. The minimum absolute atomic E-state index is 0.0943. The van der Waals surface area contributed by atoms with Crippen LogP contribution in [-0.4, -0.2) is 62.6 Å². The number of benzene rings is 1. The molecule has 2 fully saturated rings. The zero-order chi connectivity index (χ0) is 16.3. The Balaban J connectivity index is 1.50. The van der Waals surface area contributed by atoms with Gasteiger partial charge in [0, 0.05) is 32.7 Å². The molecule has 0 N–H and O–H groups in total. The van der Waals surface area contributed by atoms with Crippen molar-refractivity contribution in [2.75, 3.05) is 32.7 Å². The minimum atomic E-state index is -3.22. The zero-order valence-electron chi connectivity index (χ0n) is 13.7. The molecular formula is C17H26N2O3S. The van der Waals surface area contributed by atoms with Crippen LogP contribution in [0.3, 0.4) is 0 Å². The normalized spacial score (nSPS) is 27.3. The maximum Gasteiger partial charge on any atom is 0.218 e. The van der Waals surface area contributed by atoms with Gasteiger partial charge < -0.3 is 4.74 Å². The number of hydrogen-bond acceptors (Lipinski definition) is 4. The first-order valence-corrected chi connectivity index (χ1v) is 10.0. The van der Waals surface area contributed by atoms with Crippen LogP contribution in [0.1, 0.15) is 25.3 Å². The molecule has 0 amide bonds. The van der Waals surface area contributed by atoms with Crippen molar-refractivity contribution in [1.29, 1.82) is 0 Å². The Kier molecular flexibility index (Phi) is 5.36. The lowest BCUT2D eigenvalue weighted by Gasteiger charge is -2.35. The first kappa shape index (κ1) is 16.9. The molecule has 1 aromatic carbocycles. The van der Waals surface area contributed by atoms with Crippen LogP contribution in [0.15, 0.2) is 30.3 Å². The summed E-state index contributed by atoms with van der Waals surface area (Å²) < 4.78 is 32.6. The van der Waals surface area contributed by atoms with Crippen LogP contribution < -0.4 is 0 Å². The van der Waals surface area contributed by atoms with E-state index in [-0.39, 0.29) is 5.75 Å². The van der Waals surface area contributed by atoms with Crippen LogP contribution >= 0.6 is 0 Å². The molecule has 2 saturated heterocycles. The quantitative estimate of drug-likeness (QED) is 0.820. The van der Waals surface area contributed by atoms with E-state index in [0.717, 1.165) is 38.0 Å². The zero-order valence-corrected chi connectivity index (χ0v) is 14.5. The number of ether oxygens (including phenoxy) is 1. The highest BCUT2D eigenvalue weighted by molar-refractivity contribution is 7.88. The molecule has 5 nitrogen and oxygen atoms in total. The van der Waals surface area contributed by atoms with E-state index in [2.05, 4.69) is 11.8 Å². The Bertz CT molecular complexity index is 598. The lowest BCUT2D eigenvalue weighted by Crippen LogP contribution is -2.50. The highest BCUT2D eigenvalue weighted by Gasteiger charge is 2.29. The van der Waals surface area contributed by atoms with Crippen molar-refractivity contribution in [2.45, 2.75) is 37.7 Å². The lowest BCUT2D eigenvalue weighted by atomic mass is 10.2. The van der Waals surface area contributed by atoms with Gasteiger partial charge >= 0.3 is 0 Å². The van der Waals surface area contributed by atoms with E-state index in [1.165, 1.54) is 0 Å². The van der Waals surface area contributed by atoms with Crippen molar-refractivity contribution in [3.05, 3.63) is 35.9 Å². The van der Waals surface area contributed by atoms with Crippen molar-refractivity contribution < 1.29 is 13.2 Å². The largest absolute Gasteiger partial charge is 0.374 e. The average molecular weight is 338 g/mol. The standard InChI is InChI=1S/C17H26N2O3S/c1-15-7-8-17(22-15)13-18-9-11-19(12-10-18)23(20,21)14-16-5-3-2-4-6-16/h2-6,15,17H,7-14H2,1H3/t15-,17-/m1/s1. The molecule has 0 aliphatic carbocycles. The molecular weight excluding hydrogens is 312 g/mol. The van der Waals surface area contributed by atoms with Crippen LogP contribution in [0.4, 0.5) is 0 Å². The maximum atomic E-state index is 12.5. The predicted octanol–water partition coefficient (Wildman–Crippen LogP) is 1.70. The Morgan fingerprint density at radius 1 is 1.09 bits per heavy atom. The average Bonchev–Trinajstić information content (AvgIpc) is 2.93. The molecule has 23 heavy (non-hydrogen) atoms. The van der Waals surface area contributed by atoms with Gasteiger partial charge in [-0.2, -0.15) is 4.31 Å². The molecule has 0 spiro atoms. The first-order chi connectivity index (χ1) is 11.0. The number of rotatable bonds is 5. The second-order valence-corrected chi connectivity index (χ2v) is 8.56. The molecule has 6 heteroatoms. The van der Waals surface area contributed by atoms with Crippen molar-refractivity contribution in [1.82, 2.24) is 9.21 Å². The SMILES string of the molecule is C[C@@H]1CC[C@H](CN2CCN(S(=O)(=O)Cc3ccccc3)CC2)O1. The molecule has 0 bridgehead atoms. The van der Waals surface area contributed by atoms with Crippen LogP contribution in [0.5, 0.6) is 0 Å². The summed E-state index contributed by atoms with van der Waals surface area (Å²) in [6, 6.07) is 9.40. The molecule has 0 saturated carbocycles. The molecule has 0 radical (unpaired) electrons. The third-order valence-corrected chi connectivity index (χ3v) is 6.55. The topological polar surface area (TPSA) is 49.9 Å². The smallest absolute Gasteiger partial charge is 0.218 e. The fraction of sp³-hybridized carbons (Fsp3) is 0.647. The summed E-state index contributed by atoms with van der Waals surface area (Å²) in [6.45, 7) is 5.80. The van der Waals surface area contributed by atoms with Gasteiger partial charge in [-0.15, -0.1) is 0 Å². The number of nitrogens with zero attached hydrogens (tertiary/aromatic N) is 2. The van der Waals surface area contributed by atoms with Gasteiger partial charge in [0.1, 0.15) is 0 Å². The monoisotopic (exact) mass is 338 g/mol. The fourth-order valence-corrected chi connectivity index (χ4v) is 4.89. The van der Waals surface area contributed by atoms with Crippen LogP contribution in [-0.2, 0) is 20.5 Å². The third-order valence-electron chi connectivity index (χ3n) is 4.70. The Labute approximate surface area is 139 Å². The van der Waals surface area contributed by atoms with E-state index in [1.54, 1.807) is 4.31 Å². The van der Waals surface area contributed by atoms with E-state index < -0.39 is 10.0 Å². The van der Waals surface area contributed by atoms with Gasteiger partial charge in [0.2, 0.25) is 10.0 Å². The van der Waals surface area contributed by atoms with Gasteiger partial charge in [-0.25, -0.2) is 8.42 Å². The molecule has 0 unspecified atom stereocenters. The lowest BCUT2D eigenvalue weighted by molar-refractivity contribution is 0.0251. The Morgan fingerprint density at radius 2 is 1.78 bits per heavy atom. The van der Waals surface area contributed by atoms with Crippen molar-refractivity contribution in [3.8, 4) is 0 Å². The van der Waals surface area contributed by atoms with Gasteiger partial charge in [-0.05, 0) is 25.3 Å². The van der Waals surface area contributed by atoms with E-state index in [4.69, 9.17) is 4.74 Å². The second-order valence-electron chi connectivity index (χ2n) is 6.59. The highest BCUT2D eigenvalue weighted by Crippen LogP contribution is 2.21. The van der Waals surface area contributed by atoms with E-state index in [1.807, 2.05) is 30.3 Å². The molecule has 3 rings (SSSR count). The van der Waals surface area contributed by atoms with Crippen LogP contribution in [0, 0.1) is 0 Å². The van der Waals surface area contributed by atoms with Gasteiger partial charge in [-0.3, -0.25) is 4.90 Å². The number of sulfonamides is 1. The van der Waals surface area contributed by atoms with Gasteiger partial charge in [0.05, 0.1) is 18.0 Å². The van der Waals surface area contributed by atoms with Crippen LogP contribution in [0.2, 0.25) is 0 Å². The summed E-state index contributed by atoms with van der Waals surface area (Å²) in [5, 5.41) is 0. The maximum absolute atomic E-state index is 12.5. The summed E-state index contributed by atoms with van der Waals surface area (Å²) in [4.78, 5) is 2.33. The second kappa shape index (κ2) is 7.30. The van der Waals surface area contributed by atoms with Gasteiger partial charge in [0.15, 0.2) is 0 Å². The van der Waals surface area contributed by atoms with Crippen molar-refractivity contribution >= 4 is 10.0 Å². The van der Waals surface area contributed by atoms with Gasteiger partial charge in [-0.1, -0.05) is 30.3 Å². The molecule has 2 atom stereocenters. The molecule has 2 heterocycles. The highest BCUT2D eigenvalue weighted by atomic mass is 32.2. The van der Waals surface area contributed by atoms with Crippen LogP contribution in [0.25, 0.3) is 0 Å². The van der Waals surface area contributed by atoms with E-state index in [0.29, 0.717) is 25.3 Å². The molecule has 1 aromatic rings. The van der Waals surface area contributed by atoms with Crippen molar-refractivity contribution in [2.24, 2.45) is 0 Å². The van der Waals surface area contributed by atoms with E-state index in [9.17, 15) is 8.42 Å². The summed E-state index contributed by atoms with van der Waals surface area (Å²) in [5.41, 5.74) is 0.850. The van der Waals surface area contributed by atoms with Crippen molar-refractivity contribution in [3.63, 3.8) is 0 Å². The summed E-state index contributed by atoms with van der Waals surface area (Å²) >= 11 is 0. The predicted molar refractivity (Wildman–Crippen MR) is 90.6 cm³/mol. The molecule has 0 aromatic heterocycles. The molecule has 2 aliphatic heterocycles. The molecule has 2 aliphatic rings. The number of piperazine rings is 1. The number of hydrogen-bond donors (Lipinski definition) is 0. The van der Waals surface area contributed by atoms with E-state index >= 15 is 0 Å². The van der Waals surface area contributed by atoms with Gasteiger partial charge in [0.25, 0.3) is 0 Å².